The number of hydrogen-bond donors (Lipinski definition) is 1. The smallest absolute Gasteiger partial charge is 0.331 e. The van der Waals surface area contributed by atoms with Crippen LogP contribution in [0.5, 0.6) is 0 Å². The number of nitrogens with zero attached hydrogens (tertiary/aromatic N) is 2. The Morgan fingerprint density at radius 1 is 0.800 bits per heavy atom. The SMILES string of the molecule is O=C(CCCn1c(=O)c2ccccc2n(Cc2ccc(Cl)cc2)c1=O)NCCc1ccc(Cl)cc1. The van der Waals surface area contributed by atoms with Crippen LogP contribution < -0.4 is 16.6 Å². The molecule has 0 spiro atoms. The molecule has 8 heteroatoms. The third-order valence-electron chi connectivity index (χ3n) is 5.82. The van der Waals surface area contributed by atoms with Crippen molar-refractivity contribution in [3.63, 3.8) is 0 Å². The van der Waals surface area contributed by atoms with Crippen molar-refractivity contribution in [2.45, 2.75) is 32.4 Å². The first kappa shape index (κ1) is 24.8. The van der Waals surface area contributed by atoms with Crippen LogP contribution in [0.4, 0.5) is 0 Å². The average molecular weight is 510 g/mol. The summed E-state index contributed by atoms with van der Waals surface area (Å²) in [6.45, 7) is 0.972. The van der Waals surface area contributed by atoms with Gasteiger partial charge >= 0.3 is 5.69 Å². The summed E-state index contributed by atoms with van der Waals surface area (Å²) in [5.74, 6) is -0.116. The van der Waals surface area contributed by atoms with E-state index in [2.05, 4.69) is 5.32 Å². The maximum absolute atomic E-state index is 13.3. The van der Waals surface area contributed by atoms with Crippen molar-refractivity contribution in [1.29, 1.82) is 0 Å². The Morgan fingerprint density at radius 2 is 1.43 bits per heavy atom. The number of para-hydroxylation sites is 1. The zero-order valence-corrected chi connectivity index (χ0v) is 20.6. The van der Waals surface area contributed by atoms with Gasteiger partial charge in [-0.15, -0.1) is 0 Å². The Morgan fingerprint density at radius 3 is 2.11 bits per heavy atom. The summed E-state index contributed by atoms with van der Waals surface area (Å²) in [5, 5.41) is 4.64. The van der Waals surface area contributed by atoms with Gasteiger partial charge in [-0.25, -0.2) is 4.79 Å². The molecule has 1 heterocycles. The Labute approximate surface area is 212 Å². The maximum Gasteiger partial charge on any atom is 0.331 e. The summed E-state index contributed by atoms with van der Waals surface area (Å²) in [6.07, 6.45) is 1.29. The largest absolute Gasteiger partial charge is 0.356 e. The summed E-state index contributed by atoms with van der Waals surface area (Å²) in [5.41, 5.74) is 1.81. The number of amides is 1. The van der Waals surface area contributed by atoms with Gasteiger partial charge < -0.3 is 5.32 Å². The molecular weight excluding hydrogens is 485 g/mol. The predicted molar refractivity (Wildman–Crippen MR) is 140 cm³/mol. The molecule has 3 aromatic carbocycles. The first-order valence-electron chi connectivity index (χ1n) is 11.4. The lowest BCUT2D eigenvalue weighted by molar-refractivity contribution is -0.121. The third kappa shape index (κ3) is 6.21. The molecule has 4 rings (SSSR count). The second-order valence-electron chi connectivity index (χ2n) is 8.30. The molecule has 1 aromatic heterocycles. The van der Waals surface area contributed by atoms with E-state index in [1.807, 2.05) is 36.4 Å². The molecule has 35 heavy (non-hydrogen) atoms. The summed E-state index contributed by atoms with van der Waals surface area (Å²) >= 11 is 11.9. The van der Waals surface area contributed by atoms with E-state index < -0.39 is 5.69 Å². The van der Waals surface area contributed by atoms with E-state index in [1.54, 1.807) is 41.0 Å². The van der Waals surface area contributed by atoms with E-state index in [0.29, 0.717) is 46.9 Å². The van der Waals surface area contributed by atoms with Crippen molar-refractivity contribution in [2.75, 3.05) is 6.54 Å². The van der Waals surface area contributed by atoms with E-state index in [-0.39, 0.29) is 24.4 Å². The number of nitrogens with one attached hydrogen (secondary N) is 1. The number of rotatable bonds is 9. The number of benzene rings is 3. The fourth-order valence-corrected chi connectivity index (χ4v) is 4.23. The van der Waals surface area contributed by atoms with Gasteiger partial charge in [0.05, 0.1) is 17.4 Å². The standard InChI is InChI=1S/C27H25Cl2N3O3/c28-21-11-7-19(8-12-21)15-16-30-25(33)6-3-17-31-26(34)23-4-1-2-5-24(23)32(27(31)35)18-20-9-13-22(29)14-10-20/h1-2,4-5,7-14H,3,6,15-18H2,(H,30,33). The highest BCUT2D eigenvalue weighted by atomic mass is 35.5. The number of hydrogen-bond acceptors (Lipinski definition) is 3. The number of fused-ring (bicyclic) bond motifs is 1. The predicted octanol–water partition coefficient (Wildman–Crippen LogP) is 4.66. The summed E-state index contributed by atoms with van der Waals surface area (Å²) in [4.78, 5) is 38.6. The number of aromatic nitrogens is 2. The van der Waals surface area contributed by atoms with Crippen molar-refractivity contribution < 1.29 is 4.79 Å². The second-order valence-corrected chi connectivity index (χ2v) is 9.17. The van der Waals surface area contributed by atoms with Crippen LogP contribution in [0.1, 0.15) is 24.0 Å². The second kappa shape index (κ2) is 11.4. The topological polar surface area (TPSA) is 73.1 Å². The molecule has 0 fully saturated rings. The van der Waals surface area contributed by atoms with Gasteiger partial charge in [-0.3, -0.25) is 18.7 Å². The molecule has 1 N–H and O–H groups in total. The molecule has 180 valence electrons. The van der Waals surface area contributed by atoms with Gasteiger partial charge in [0, 0.05) is 29.6 Å². The number of carbonyl (C=O) groups is 1. The first-order chi connectivity index (χ1) is 16.9. The zero-order valence-electron chi connectivity index (χ0n) is 19.0. The highest BCUT2D eigenvalue weighted by molar-refractivity contribution is 6.30. The van der Waals surface area contributed by atoms with Crippen molar-refractivity contribution >= 4 is 40.0 Å². The highest BCUT2D eigenvalue weighted by Crippen LogP contribution is 2.14. The fourth-order valence-electron chi connectivity index (χ4n) is 3.98. The molecule has 6 nitrogen and oxygen atoms in total. The quantitative estimate of drug-likeness (QED) is 0.356. The molecule has 0 atom stereocenters. The fraction of sp³-hybridized carbons (Fsp3) is 0.222. The third-order valence-corrected chi connectivity index (χ3v) is 6.32. The summed E-state index contributed by atoms with van der Waals surface area (Å²) in [7, 11) is 0. The minimum atomic E-state index is -0.396. The Balaban J connectivity index is 1.44. The van der Waals surface area contributed by atoms with Gasteiger partial charge in [0.1, 0.15) is 0 Å². The molecular formula is C27H25Cl2N3O3. The van der Waals surface area contributed by atoms with Crippen molar-refractivity contribution in [3.05, 3.63) is 115 Å². The van der Waals surface area contributed by atoms with E-state index in [9.17, 15) is 14.4 Å². The van der Waals surface area contributed by atoms with Crippen molar-refractivity contribution in [3.8, 4) is 0 Å². The van der Waals surface area contributed by atoms with Crippen molar-refractivity contribution in [1.82, 2.24) is 14.5 Å². The van der Waals surface area contributed by atoms with Crippen LogP contribution >= 0.6 is 23.2 Å². The van der Waals surface area contributed by atoms with Gasteiger partial charge in [0.15, 0.2) is 0 Å². The van der Waals surface area contributed by atoms with E-state index in [1.165, 1.54) is 4.57 Å². The molecule has 0 aliphatic carbocycles. The minimum absolute atomic E-state index is 0.116. The maximum atomic E-state index is 13.3. The van der Waals surface area contributed by atoms with E-state index >= 15 is 0 Å². The normalized spacial score (nSPS) is 11.0. The van der Waals surface area contributed by atoms with Crippen LogP contribution in [0.25, 0.3) is 10.9 Å². The first-order valence-corrected chi connectivity index (χ1v) is 12.2. The van der Waals surface area contributed by atoms with Crippen LogP contribution in [-0.4, -0.2) is 21.6 Å². The van der Waals surface area contributed by atoms with E-state index in [4.69, 9.17) is 23.2 Å². The molecule has 0 unspecified atom stereocenters. The summed E-state index contributed by atoms with van der Waals surface area (Å²) < 4.78 is 2.81. The number of carbonyl (C=O) groups excluding carboxylic acids is 1. The molecule has 0 bridgehead atoms. The van der Waals surface area contributed by atoms with Gasteiger partial charge in [-0.05, 0) is 60.4 Å². The molecule has 1 amide bonds. The van der Waals surface area contributed by atoms with Gasteiger partial charge in [0.25, 0.3) is 5.56 Å². The Kier molecular flexibility index (Phi) is 8.06. The Bertz CT molecular complexity index is 1440. The monoisotopic (exact) mass is 509 g/mol. The lowest BCUT2D eigenvalue weighted by atomic mass is 10.1. The Hall–Kier alpha value is -3.35. The van der Waals surface area contributed by atoms with Crippen LogP contribution in [0.3, 0.4) is 0 Å². The lowest BCUT2D eigenvalue weighted by Gasteiger charge is -2.14. The van der Waals surface area contributed by atoms with Crippen LogP contribution in [0.15, 0.2) is 82.4 Å². The van der Waals surface area contributed by atoms with Crippen molar-refractivity contribution in [2.24, 2.45) is 0 Å². The zero-order chi connectivity index (χ0) is 24.8. The molecule has 0 saturated heterocycles. The average Bonchev–Trinajstić information content (AvgIpc) is 2.86. The lowest BCUT2D eigenvalue weighted by Crippen LogP contribution is -2.40. The van der Waals surface area contributed by atoms with Crippen LogP contribution in [0, 0.1) is 0 Å². The van der Waals surface area contributed by atoms with E-state index in [0.717, 1.165) is 11.1 Å². The molecule has 0 aliphatic heterocycles. The summed E-state index contributed by atoms with van der Waals surface area (Å²) in [6, 6.07) is 21.8. The molecule has 4 aromatic rings. The minimum Gasteiger partial charge on any atom is -0.356 e. The highest BCUT2D eigenvalue weighted by Gasteiger charge is 2.14. The van der Waals surface area contributed by atoms with Crippen LogP contribution in [0.2, 0.25) is 10.0 Å². The van der Waals surface area contributed by atoms with Gasteiger partial charge in [0.2, 0.25) is 5.91 Å². The molecule has 0 aliphatic rings. The molecule has 0 radical (unpaired) electrons. The molecule has 0 saturated carbocycles. The van der Waals surface area contributed by atoms with Gasteiger partial charge in [-0.1, -0.05) is 59.6 Å². The number of halogens is 2. The van der Waals surface area contributed by atoms with Gasteiger partial charge in [-0.2, -0.15) is 0 Å². The van der Waals surface area contributed by atoms with Crippen LogP contribution in [-0.2, 0) is 24.3 Å².